The Kier molecular flexibility index (Phi) is 8.73. The van der Waals surface area contributed by atoms with E-state index in [0.717, 1.165) is 16.3 Å². The lowest BCUT2D eigenvalue weighted by atomic mass is 10.1. The molecular weight excluding hydrogens is 482 g/mol. The van der Waals surface area contributed by atoms with Gasteiger partial charge in [-0.2, -0.15) is 0 Å². The molecule has 0 saturated carbocycles. The lowest BCUT2D eigenvalue weighted by molar-refractivity contribution is -0.141. The summed E-state index contributed by atoms with van der Waals surface area (Å²) in [5.74, 6) is -0.482. The van der Waals surface area contributed by atoms with Crippen LogP contribution in [0.25, 0.3) is 0 Å². The van der Waals surface area contributed by atoms with Crippen LogP contribution >= 0.6 is 0 Å². The van der Waals surface area contributed by atoms with Crippen molar-refractivity contribution in [3.8, 4) is 5.75 Å². The van der Waals surface area contributed by atoms with Crippen LogP contribution in [0.15, 0.2) is 53.4 Å². The van der Waals surface area contributed by atoms with Crippen molar-refractivity contribution in [2.75, 3.05) is 13.7 Å². The predicted molar refractivity (Wildman–Crippen MR) is 135 cm³/mol. The Morgan fingerprint density at radius 1 is 1.08 bits per heavy atom. The number of amides is 3. The minimum absolute atomic E-state index is 0.0159. The highest BCUT2D eigenvalue weighted by Crippen LogP contribution is 2.30. The van der Waals surface area contributed by atoms with Crippen LogP contribution in [0, 0.1) is 0 Å². The number of rotatable bonds is 11. The van der Waals surface area contributed by atoms with E-state index in [1.165, 1.54) is 17.0 Å². The Morgan fingerprint density at radius 3 is 2.36 bits per heavy atom. The van der Waals surface area contributed by atoms with E-state index < -0.39 is 22.0 Å². The third kappa shape index (κ3) is 5.87. The highest BCUT2D eigenvalue weighted by molar-refractivity contribution is 7.90. The van der Waals surface area contributed by atoms with Crippen LogP contribution in [0.4, 0.5) is 0 Å². The Morgan fingerprint density at radius 2 is 1.75 bits per heavy atom. The van der Waals surface area contributed by atoms with Gasteiger partial charge in [-0.25, -0.2) is 12.7 Å². The summed E-state index contributed by atoms with van der Waals surface area (Å²) in [4.78, 5) is 40.2. The van der Waals surface area contributed by atoms with Crippen molar-refractivity contribution >= 4 is 27.7 Å². The first-order valence-electron chi connectivity index (χ1n) is 12.0. The van der Waals surface area contributed by atoms with E-state index in [1.807, 2.05) is 26.0 Å². The SMILES string of the molecule is CCC(C)NC(=O)C(C)N(Cc1ccc(OC)cc1)C(=O)CCCN1C(=O)c2ccccc2S1(=O)=O. The second kappa shape index (κ2) is 11.6. The lowest BCUT2D eigenvalue weighted by Crippen LogP contribution is -2.49. The molecule has 10 heteroatoms. The van der Waals surface area contributed by atoms with Gasteiger partial charge in [-0.15, -0.1) is 0 Å². The monoisotopic (exact) mass is 515 g/mol. The predicted octanol–water partition coefficient (Wildman–Crippen LogP) is 2.95. The van der Waals surface area contributed by atoms with E-state index >= 15 is 0 Å². The van der Waals surface area contributed by atoms with Crippen molar-refractivity contribution in [3.05, 3.63) is 59.7 Å². The first kappa shape index (κ1) is 27.2. The maximum Gasteiger partial charge on any atom is 0.269 e. The third-order valence-electron chi connectivity index (χ3n) is 6.34. The number of methoxy groups -OCH3 is 1. The summed E-state index contributed by atoms with van der Waals surface area (Å²) in [6.07, 6.45) is 0.870. The van der Waals surface area contributed by atoms with Gasteiger partial charge < -0.3 is 15.0 Å². The molecule has 0 spiro atoms. The maximum absolute atomic E-state index is 13.3. The van der Waals surface area contributed by atoms with Gasteiger partial charge >= 0.3 is 0 Å². The molecule has 194 valence electrons. The molecule has 0 fully saturated rings. The summed E-state index contributed by atoms with van der Waals surface area (Å²) in [6, 6.07) is 12.5. The number of carbonyl (C=O) groups is 3. The molecule has 3 amide bonds. The fourth-order valence-corrected chi connectivity index (χ4v) is 5.55. The number of nitrogens with one attached hydrogen (secondary N) is 1. The Labute approximate surface area is 212 Å². The minimum Gasteiger partial charge on any atom is -0.497 e. The smallest absolute Gasteiger partial charge is 0.269 e. The van der Waals surface area contributed by atoms with Gasteiger partial charge in [0.05, 0.1) is 12.7 Å². The summed E-state index contributed by atoms with van der Waals surface area (Å²) >= 11 is 0. The number of benzene rings is 2. The van der Waals surface area contributed by atoms with E-state index in [9.17, 15) is 22.8 Å². The number of hydrogen-bond acceptors (Lipinski definition) is 6. The molecule has 2 aromatic carbocycles. The summed E-state index contributed by atoms with van der Waals surface area (Å²) in [5, 5.41) is 2.91. The lowest BCUT2D eigenvalue weighted by Gasteiger charge is -2.30. The van der Waals surface area contributed by atoms with Gasteiger partial charge in [-0.3, -0.25) is 14.4 Å². The number of sulfonamides is 1. The minimum atomic E-state index is -3.93. The molecule has 36 heavy (non-hydrogen) atoms. The quantitative estimate of drug-likeness (QED) is 0.492. The summed E-state index contributed by atoms with van der Waals surface area (Å²) < 4.78 is 31.6. The molecule has 2 unspecified atom stereocenters. The molecule has 1 aliphatic rings. The van der Waals surface area contributed by atoms with Crippen LogP contribution in [0.2, 0.25) is 0 Å². The second-order valence-corrected chi connectivity index (χ2v) is 10.7. The Bertz CT molecular complexity index is 1210. The largest absolute Gasteiger partial charge is 0.497 e. The fourth-order valence-electron chi connectivity index (χ4n) is 3.95. The maximum atomic E-state index is 13.3. The molecule has 1 N–H and O–H groups in total. The second-order valence-electron chi connectivity index (χ2n) is 8.85. The summed E-state index contributed by atoms with van der Waals surface area (Å²) in [5.41, 5.74) is 0.959. The molecule has 0 bridgehead atoms. The molecule has 0 aromatic heterocycles. The molecule has 1 aliphatic heterocycles. The number of nitrogens with zero attached hydrogens (tertiary/aromatic N) is 2. The fraction of sp³-hybridized carbons (Fsp3) is 0.423. The molecule has 9 nitrogen and oxygen atoms in total. The van der Waals surface area contributed by atoms with Crippen molar-refractivity contribution in [2.24, 2.45) is 0 Å². The number of fused-ring (bicyclic) bond motifs is 1. The van der Waals surface area contributed by atoms with Crippen LogP contribution in [0.5, 0.6) is 5.75 Å². The Hall–Kier alpha value is -3.40. The van der Waals surface area contributed by atoms with Gasteiger partial charge in [0.2, 0.25) is 11.8 Å². The van der Waals surface area contributed by atoms with E-state index in [2.05, 4.69) is 5.32 Å². The molecule has 2 atom stereocenters. The van der Waals surface area contributed by atoms with Gasteiger partial charge in [0.15, 0.2) is 0 Å². The van der Waals surface area contributed by atoms with E-state index in [4.69, 9.17) is 4.74 Å². The Balaban J connectivity index is 1.71. The zero-order chi connectivity index (χ0) is 26.5. The molecule has 0 radical (unpaired) electrons. The van der Waals surface area contributed by atoms with Crippen molar-refractivity contribution in [1.82, 2.24) is 14.5 Å². The van der Waals surface area contributed by atoms with Gasteiger partial charge in [-0.05, 0) is 56.5 Å². The third-order valence-corrected chi connectivity index (χ3v) is 8.18. The topological polar surface area (TPSA) is 113 Å². The molecule has 0 aliphatic carbocycles. The normalized spacial score (nSPS) is 15.7. The van der Waals surface area contributed by atoms with Crippen molar-refractivity contribution in [2.45, 2.75) is 63.6 Å². The first-order valence-corrected chi connectivity index (χ1v) is 13.4. The van der Waals surface area contributed by atoms with Gasteiger partial charge in [0.25, 0.3) is 15.9 Å². The molecule has 1 heterocycles. The van der Waals surface area contributed by atoms with Crippen molar-refractivity contribution in [1.29, 1.82) is 0 Å². The van der Waals surface area contributed by atoms with E-state index in [1.54, 1.807) is 38.3 Å². The van der Waals surface area contributed by atoms with Crippen LogP contribution in [-0.4, -0.2) is 61.1 Å². The molecule has 3 rings (SSSR count). The average Bonchev–Trinajstić information content (AvgIpc) is 3.07. The van der Waals surface area contributed by atoms with Crippen molar-refractivity contribution in [3.63, 3.8) is 0 Å². The van der Waals surface area contributed by atoms with E-state index in [-0.39, 0.29) is 54.2 Å². The molecular formula is C26H33N3O6S. The number of hydrogen-bond donors (Lipinski definition) is 1. The highest BCUT2D eigenvalue weighted by Gasteiger charge is 2.40. The highest BCUT2D eigenvalue weighted by atomic mass is 32.2. The first-order chi connectivity index (χ1) is 17.1. The van der Waals surface area contributed by atoms with Gasteiger partial charge in [-0.1, -0.05) is 31.2 Å². The van der Waals surface area contributed by atoms with Gasteiger partial charge in [0, 0.05) is 25.6 Å². The summed E-state index contributed by atoms with van der Waals surface area (Å²) in [6.45, 7) is 5.60. The van der Waals surface area contributed by atoms with E-state index in [0.29, 0.717) is 5.75 Å². The number of carbonyl (C=O) groups excluding carboxylic acids is 3. The van der Waals surface area contributed by atoms with Crippen LogP contribution in [0.3, 0.4) is 0 Å². The zero-order valence-electron chi connectivity index (χ0n) is 21.1. The average molecular weight is 516 g/mol. The molecule has 2 aromatic rings. The number of ether oxygens (including phenoxy) is 1. The van der Waals surface area contributed by atoms with Crippen LogP contribution < -0.4 is 10.1 Å². The standard InChI is InChI=1S/C26H33N3O6S/c1-5-18(2)27-25(31)19(3)28(17-20-12-14-21(35-4)15-13-20)24(30)11-8-16-29-26(32)22-9-6-7-10-23(22)36(29,33)34/h6-7,9-10,12-15,18-19H,5,8,11,16-17H2,1-4H3,(H,27,31). The van der Waals surface area contributed by atoms with Crippen LogP contribution in [-0.2, 0) is 26.2 Å². The van der Waals surface area contributed by atoms with Crippen molar-refractivity contribution < 1.29 is 27.5 Å². The van der Waals surface area contributed by atoms with Crippen LogP contribution in [0.1, 0.15) is 56.0 Å². The van der Waals surface area contributed by atoms with Gasteiger partial charge in [0.1, 0.15) is 16.7 Å². The summed E-state index contributed by atoms with van der Waals surface area (Å²) in [7, 11) is -2.37. The molecule has 0 saturated heterocycles. The zero-order valence-corrected chi connectivity index (χ0v) is 21.9.